The molecule has 4 rings (SSSR count). The molecule has 3 aromatic rings. The Hall–Kier alpha value is -3.32. The molecular weight excluding hydrogens is 366 g/mol. The summed E-state index contributed by atoms with van der Waals surface area (Å²) in [5.41, 5.74) is 9.52. The topological polar surface area (TPSA) is 105 Å². The summed E-state index contributed by atoms with van der Waals surface area (Å²) < 4.78 is 0. The number of ketones is 1. The number of likely N-dealkylation sites (tertiary alicyclic amines) is 1. The number of carbonyl (C=O) groups is 2. The normalized spacial score (nSPS) is 15.9. The molecule has 1 saturated heterocycles. The molecule has 0 saturated carbocycles. The van der Waals surface area contributed by atoms with Crippen molar-refractivity contribution in [2.24, 2.45) is 11.7 Å². The number of benzene rings is 1. The van der Waals surface area contributed by atoms with Crippen LogP contribution in [0.15, 0.2) is 42.7 Å². The van der Waals surface area contributed by atoms with Crippen molar-refractivity contribution in [3.63, 3.8) is 0 Å². The molecule has 1 aliphatic rings. The fourth-order valence-electron chi connectivity index (χ4n) is 3.66. The van der Waals surface area contributed by atoms with Crippen molar-refractivity contribution >= 4 is 28.9 Å². The predicted molar refractivity (Wildman–Crippen MR) is 112 cm³/mol. The zero-order valence-electron chi connectivity index (χ0n) is 16.3. The number of hydrogen-bond donors (Lipinski definition) is 2. The van der Waals surface area contributed by atoms with E-state index in [1.165, 1.54) is 6.08 Å². The molecule has 7 nitrogen and oxygen atoms in total. The highest BCUT2D eigenvalue weighted by Crippen LogP contribution is 2.25. The van der Waals surface area contributed by atoms with Gasteiger partial charge in [-0.05, 0) is 39.1 Å². The number of primary amides is 1. The number of aromatic amines is 1. The lowest BCUT2D eigenvalue weighted by atomic mass is 9.89. The van der Waals surface area contributed by atoms with Crippen molar-refractivity contribution < 1.29 is 9.59 Å². The number of amides is 1. The summed E-state index contributed by atoms with van der Waals surface area (Å²) in [6.45, 7) is 1.93. The largest absolute Gasteiger partial charge is 0.366 e. The number of Topliss-reactive ketones (excluding diaryl/α,β-unsaturated/α-hetero) is 1. The second-order valence-electron chi connectivity index (χ2n) is 7.45. The lowest BCUT2D eigenvalue weighted by Crippen LogP contribution is -2.33. The van der Waals surface area contributed by atoms with Gasteiger partial charge in [0.05, 0.1) is 11.9 Å². The average Bonchev–Trinajstić information content (AvgIpc) is 3.14. The molecule has 0 spiro atoms. The number of H-pyrrole nitrogens is 1. The van der Waals surface area contributed by atoms with Gasteiger partial charge in [0.2, 0.25) is 5.91 Å². The van der Waals surface area contributed by atoms with Crippen LogP contribution in [0.25, 0.3) is 28.5 Å². The summed E-state index contributed by atoms with van der Waals surface area (Å²) in [6, 6.07) is 7.55. The van der Waals surface area contributed by atoms with E-state index < -0.39 is 5.91 Å². The molecule has 1 aromatic carbocycles. The number of piperidine rings is 1. The van der Waals surface area contributed by atoms with Crippen molar-refractivity contribution in [3.05, 3.63) is 53.9 Å². The van der Waals surface area contributed by atoms with Gasteiger partial charge in [-0.3, -0.25) is 9.59 Å². The number of nitrogens with one attached hydrogen (secondary N) is 1. The van der Waals surface area contributed by atoms with E-state index in [-0.39, 0.29) is 11.7 Å². The highest BCUT2D eigenvalue weighted by molar-refractivity contribution is 5.98. The molecule has 7 heteroatoms. The van der Waals surface area contributed by atoms with Crippen LogP contribution in [0.1, 0.15) is 28.8 Å². The molecule has 0 bridgehead atoms. The van der Waals surface area contributed by atoms with Gasteiger partial charge in [-0.1, -0.05) is 24.3 Å². The maximum atomic E-state index is 12.8. The highest BCUT2D eigenvalue weighted by Gasteiger charge is 2.24. The van der Waals surface area contributed by atoms with Gasteiger partial charge in [0.15, 0.2) is 11.4 Å². The number of hydrogen-bond acceptors (Lipinski definition) is 5. The first-order chi connectivity index (χ1) is 14.0. The van der Waals surface area contributed by atoms with E-state index in [1.54, 1.807) is 18.5 Å². The number of nitrogens with zero attached hydrogens (tertiary/aromatic N) is 3. The van der Waals surface area contributed by atoms with Gasteiger partial charge in [-0.2, -0.15) is 0 Å². The third-order valence-corrected chi connectivity index (χ3v) is 5.39. The molecular formula is C22H23N5O2. The fourth-order valence-corrected chi connectivity index (χ4v) is 3.66. The molecule has 29 heavy (non-hydrogen) atoms. The maximum absolute atomic E-state index is 12.8. The lowest BCUT2D eigenvalue weighted by Gasteiger charge is -2.28. The van der Waals surface area contributed by atoms with Crippen molar-refractivity contribution in [2.75, 3.05) is 20.1 Å². The third-order valence-electron chi connectivity index (χ3n) is 5.39. The molecule has 1 amide bonds. The number of fused-ring (bicyclic) bond motifs is 1. The van der Waals surface area contributed by atoms with E-state index in [4.69, 9.17) is 5.73 Å². The Morgan fingerprint density at radius 3 is 2.62 bits per heavy atom. The van der Waals surface area contributed by atoms with Gasteiger partial charge >= 0.3 is 0 Å². The van der Waals surface area contributed by atoms with E-state index in [9.17, 15) is 9.59 Å². The zero-order valence-corrected chi connectivity index (χ0v) is 16.3. The summed E-state index contributed by atoms with van der Waals surface area (Å²) in [7, 11) is 2.09. The van der Waals surface area contributed by atoms with E-state index in [1.807, 2.05) is 24.3 Å². The minimum Gasteiger partial charge on any atom is -0.366 e. The van der Waals surface area contributed by atoms with Crippen molar-refractivity contribution in [1.29, 1.82) is 0 Å². The Balaban J connectivity index is 1.57. The predicted octanol–water partition coefficient (Wildman–Crippen LogP) is 2.65. The van der Waals surface area contributed by atoms with Gasteiger partial charge in [-0.15, -0.1) is 0 Å². The fraction of sp³-hybridized carbons (Fsp3) is 0.273. The Morgan fingerprint density at radius 1 is 1.21 bits per heavy atom. The van der Waals surface area contributed by atoms with E-state index >= 15 is 0 Å². The Kier molecular flexibility index (Phi) is 5.22. The number of nitrogens with two attached hydrogens (primary N) is 1. The van der Waals surface area contributed by atoms with Crippen molar-refractivity contribution in [3.8, 4) is 11.3 Å². The minimum absolute atomic E-state index is 0.104. The van der Waals surface area contributed by atoms with Crippen LogP contribution in [0.3, 0.4) is 0 Å². The van der Waals surface area contributed by atoms with Crippen LogP contribution in [0.5, 0.6) is 0 Å². The second kappa shape index (κ2) is 7.97. The zero-order chi connectivity index (χ0) is 20.4. The van der Waals surface area contributed by atoms with E-state index in [0.717, 1.165) is 42.6 Å². The van der Waals surface area contributed by atoms with Crippen molar-refractivity contribution in [1.82, 2.24) is 19.9 Å². The van der Waals surface area contributed by atoms with Crippen molar-refractivity contribution in [2.45, 2.75) is 12.8 Å². The smallest absolute Gasteiger partial charge is 0.241 e. The standard InChI is InChI=1S/C22H23N5O2/c1-27-10-8-16(9-11-27)21(29)15-4-2-14(3-5-15)18-13-25-22-20(26-18)17(12-24-22)6-7-19(23)28/h2-7,12-13,16H,8-11H2,1H3,(H2,23,28)(H,24,25). The average molecular weight is 389 g/mol. The molecule has 0 atom stereocenters. The van der Waals surface area contributed by atoms with Gasteiger partial charge in [0, 0.05) is 34.9 Å². The molecule has 0 aliphatic carbocycles. The monoisotopic (exact) mass is 389 g/mol. The van der Waals surface area contributed by atoms with Gasteiger partial charge in [0.25, 0.3) is 0 Å². The molecule has 1 aliphatic heterocycles. The minimum atomic E-state index is -0.520. The molecule has 0 radical (unpaired) electrons. The molecule has 148 valence electrons. The number of carbonyl (C=O) groups excluding carboxylic acids is 2. The summed E-state index contributed by atoms with van der Waals surface area (Å²) in [5, 5.41) is 0. The molecule has 2 aromatic heterocycles. The van der Waals surface area contributed by atoms with Crippen LogP contribution >= 0.6 is 0 Å². The van der Waals surface area contributed by atoms with Crippen LogP contribution in [0.4, 0.5) is 0 Å². The van der Waals surface area contributed by atoms with Crippen LogP contribution in [-0.2, 0) is 4.79 Å². The quantitative estimate of drug-likeness (QED) is 0.516. The Labute approximate surface area is 168 Å². The van der Waals surface area contributed by atoms with Crippen LogP contribution < -0.4 is 5.73 Å². The summed E-state index contributed by atoms with van der Waals surface area (Å²) in [5.74, 6) is -0.198. The molecule has 3 heterocycles. The Bertz CT molecular complexity index is 1080. The first kappa shape index (κ1) is 19.0. The number of aromatic nitrogens is 3. The highest BCUT2D eigenvalue weighted by atomic mass is 16.1. The van der Waals surface area contributed by atoms with Gasteiger partial charge in [-0.25, -0.2) is 9.97 Å². The van der Waals surface area contributed by atoms with Crippen LogP contribution in [0.2, 0.25) is 0 Å². The second-order valence-corrected chi connectivity index (χ2v) is 7.45. The van der Waals surface area contributed by atoms with E-state index in [0.29, 0.717) is 16.9 Å². The van der Waals surface area contributed by atoms with E-state index in [2.05, 4.69) is 26.9 Å². The summed E-state index contributed by atoms with van der Waals surface area (Å²) in [6.07, 6.45) is 8.15. The van der Waals surface area contributed by atoms with Crippen LogP contribution in [-0.4, -0.2) is 51.7 Å². The first-order valence-corrected chi connectivity index (χ1v) is 9.66. The Morgan fingerprint density at radius 2 is 1.93 bits per heavy atom. The van der Waals surface area contributed by atoms with Gasteiger partial charge in [0.1, 0.15) is 5.52 Å². The molecule has 1 fully saturated rings. The first-order valence-electron chi connectivity index (χ1n) is 9.66. The summed E-state index contributed by atoms with van der Waals surface area (Å²) in [4.78, 5) is 38.1. The third kappa shape index (κ3) is 4.09. The molecule has 3 N–H and O–H groups in total. The van der Waals surface area contributed by atoms with Crippen LogP contribution in [0, 0.1) is 5.92 Å². The summed E-state index contributed by atoms with van der Waals surface area (Å²) >= 11 is 0. The SMILES string of the molecule is CN1CCC(C(=O)c2ccc(-c3cnc4[nH]cc(C=CC(N)=O)c4n3)cc2)CC1. The molecule has 0 unspecified atom stereocenters. The van der Waals surface area contributed by atoms with Gasteiger partial charge < -0.3 is 15.6 Å². The maximum Gasteiger partial charge on any atom is 0.241 e. The number of rotatable bonds is 5. The lowest BCUT2D eigenvalue weighted by molar-refractivity contribution is -0.113.